The summed E-state index contributed by atoms with van der Waals surface area (Å²) >= 11 is 1.44. The lowest BCUT2D eigenvalue weighted by molar-refractivity contribution is -0.149. The molecule has 0 bridgehead atoms. The van der Waals surface area contributed by atoms with Gasteiger partial charge in [-0.2, -0.15) is 0 Å². The van der Waals surface area contributed by atoms with Crippen molar-refractivity contribution in [2.24, 2.45) is 0 Å². The molecule has 0 aliphatic carbocycles. The summed E-state index contributed by atoms with van der Waals surface area (Å²) in [6, 6.07) is 17.2. The fourth-order valence-corrected chi connectivity index (χ4v) is 3.52. The Morgan fingerprint density at radius 3 is 2.38 bits per heavy atom. The molecular formula is C24H22O4S. The molecule has 1 atom stereocenters. The van der Waals surface area contributed by atoms with Crippen molar-refractivity contribution >= 4 is 35.2 Å². The Morgan fingerprint density at radius 2 is 1.72 bits per heavy atom. The highest BCUT2D eigenvalue weighted by molar-refractivity contribution is 7.12. The highest BCUT2D eigenvalue weighted by atomic mass is 32.1. The average molecular weight is 407 g/mol. The van der Waals surface area contributed by atoms with Crippen LogP contribution in [0.15, 0.2) is 60.0 Å². The number of hydrogen-bond acceptors (Lipinski definition) is 4. The second-order valence-electron chi connectivity index (χ2n) is 6.77. The molecule has 0 fully saturated rings. The summed E-state index contributed by atoms with van der Waals surface area (Å²) in [6.07, 6.45) is 3.06. The zero-order valence-corrected chi connectivity index (χ0v) is 17.1. The van der Waals surface area contributed by atoms with Gasteiger partial charge in [0.2, 0.25) is 5.78 Å². The largest absolute Gasteiger partial charge is 0.479 e. The standard InChI is InChI=1S/C24H22O4S/c1-16-3-10-20(11-4-16)22(25)23-21(13-14-29-23)12-9-18-5-7-19(8-6-18)15-28-17(2)24(26)27/h3-14,17H,15H2,1-2H3,(H,26,27)/b12-9+/t17-/m1/s1. The number of carbonyl (C=O) groups excluding carboxylic acids is 1. The number of carbonyl (C=O) groups is 2. The Labute approximate surface area is 174 Å². The van der Waals surface area contributed by atoms with Crippen molar-refractivity contribution in [3.05, 3.63) is 92.7 Å². The first kappa shape index (κ1) is 20.7. The monoisotopic (exact) mass is 406 g/mol. The number of ketones is 1. The summed E-state index contributed by atoms with van der Waals surface area (Å²) in [5.41, 5.74) is 4.59. The minimum Gasteiger partial charge on any atom is -0.479 e. The maximum atomic E-state index is 12.8. The maximum absolute atomic E-state index is 12.8. The van der Waals surface area contributed by atoms with Gasteiger partial charge in [0.25, 0.3) is 0 Å². The van der Waals surface area contributed by atoms with Crippen LogP contribution in [0.2, 0.25) is 0 Å². The van der Waals surface area contributed by atoms with Crippen molar-refractivity contribution < 1.29 is 19.4 Å². The molecule has 0 spiro atoms. The molecule has 2 aromatic carbocycles. The molecule has 0 amide bonds. The van der Waals surface area contributed by atoms with Gasteiger partial charge in [0.1, 0.15) is 0 Å². The smallest absolute Gasteiger partial charge is 0.332 e. The fourth-order valence-electron chi connectivity index (χ4n) is 2.67. The van der Waals surface area contributed by atoms with E-state index in [0.29, 0.717) is 5.56 Å². The van der Waals surface area contributed by atoms with Gasteiger partial charge >= 0.3 is 5.97 Å². The van der Waals surface area contributed by atoms with Crippen LogP contribution in [0, 0.1) is 6.92 Å². The Morgan fingerprint density at radius 1 is 1.03 bits per heavy atom. The number of thiophene rings is 1. The van der Waals surface area contributed by atoms with Crippen molar-refractivity contribution in [2.45, 2.75) is 26.6 Å². The lowest BCUT2D eigenvalue weighted by Crippen LogP contribution is -2.19. The zero-order chi connectivity index (χ0) is 20.8. The predicted molar refractivity (Wildman–Crippen MR) is 116 cm³/mol. The first-order valence-electron chi connectivity index (χ1n) is 9.24. The summed E-state index contributed by atoms with van der Waals surface area (Å²) in [6.45, 7) is 3.75. The van der Waals surface area contributed by atoms with Crippen molar-refractivity contribution in [1.29, 1.82) is 0 Å². The molecule has 29 heavy (non-hydrogen) atoms. The lowest BCUT2D eigenvalue weighted by Gasteiger charge is -2.08. The predicted octanol–water partition coefficient (Wildman–Crippen LogP) is 5.45. The lowest BCUT2D eigenvalue weighted by atomic mass is 10.0. The van der Waals surface area contributed by atoms with Gasteiger partial charge in [-0.05, 0) is 42.0 Å². The van der Waals surface area contributed by atoms with Gasteiger partial charge in [0.15, 0.2) is 6.10 Å². The van der Waals surface area contributed by atoms with Crippen molar-refractivity contribution in [2.75, 3.05) is 0 Å². The second kappa shape index (κ2) is 9.45. The molecule has 1 heterocycles. The molecule has 0 aliphatic rings. The summed E-state index contributed by atoms with van der Waals surface area (Å²) < 4.78 is 5.29. The molecule has 0 saturated heterocycles. The SMILES string of the molecule is Cc1ccc(C(=O)c2sccc2/C=C/c2ccc(CO[C@H](C)C(=O)O)cc2)cc1. The van der Waals surface area contributed by atoms with Gasteiger partial charge in [0.05, 0.1) is 11.5 Å². The Hall–Kier alpha value is -3.02. The van der Waals surface area contributed by atoms with Crippen molar-refractivity contribution in [1.82, 2.24) is 0 Å². The molecule has 0 radical (unpaired) electrons. The van der Waals surface area contributed by atoms with E-state index in [1.54, 1.807) is 0 Å². The van der Waals surface area contributed by atoms with Crippen molar-refractivity contribution in [3.8, 4) is 0 Å². The normalized spacial score (nSPS) is 12.2. The van der Waals surface area contributed by atoms with E-state index in [0.717, 1.165) is 27.1 Å². The molecule has 1 N–H and O–H groups in total. The number of aliphatic carboxylic acids is 1. The Kier molecular flexibility index (Phi) is 6.75. The van der Waals surface area contributed by atoms with Crippen molar-refractivity contribution in [3.63, 3.8) is 0 Å². The summed E-state index contributed by atoms with van der Waals surface area (Å²) in [5, 5.41) is 10.8. The third-order valence-corrected chi connectivity index (χ3v) is 5.43. The Bertz CT molecular complexity index is 1010. The summed E-state index contributed by atoms with van der Waals surface area (Å²) in [7, 11) is 0. The molecule has 0 aliphatic heterocycles. The van der Waals surface area contributed by atoms with Crippen LogP contribution in [-0.2, 0) is 16.1 Å². The molecule has 4 nitrogen and oxygen atoms in total. The van der Waals surface area contributed by atoms with Crippen LogP contribution in [-0.4, -0.2) is 23.0 Å². The first-order chi connectivity index (χ1) is 13.9. The van der Waals surface area contributed by atoms with Crippen LogP contribution in [0.25, 0.3) is 12.2 Å². The van der Waals surface area contributed by atoms with E-state index < -0.39 is 12.1 Å². The number of hydrogen-bond donors (Lipinski definition) is 1. The van der Waals surface area contributed by atoms with Gasteiger partial charge in [0, 0.05) is 5.56 Å². The van der Waals surface area contributed by atoms with Crippen LogP contribution in [0.4, 0.5) is 0 Å². The number of carboxylic acids is 1. The van der Waals surface area contributed by atoms with E-state index in [2.05, 4.69) is 0 Å². The number of aryl methyl sites for hydroxylation is 1. The highest BCUT2D eigenvalue weighted by Gasteiger charge is 2.14. The van der Waals surface area contributed by atoms with E-state index in [9.17, 15) is 9.59 Å². The minimum absolute atomic E-state index is 0.0275. The molecule has 0 unspecified atom stereocenters. The molecule has 148 valence electrons. The van der Waals surface area contributed by atoms with Gasteiger partial charge in [-0.3, -0.25) is 4.79 Å². The highest BCUT2D eigenvalue weighted by Crippen LogP contribution is 2.23. The van der Waals surface area contributed by atoms with Crippen LogP contribution in [0.5, 0.6) is 0 Å². The number of rotatable bonds is 8. The van der Waals surface area contributed by atoms with E-state index in [1.807, 2.05) is 79.1 Å². The van der Waals surface area contributed by atoms with Gasteiger partial charge in [-0.1, -0.05) is 66.2 Å². The minimum atomic E-state index is -0.976. The molecule has 0 saturated carbocycles. The third-order valence-electron chi connectivity index (χ3n) is 4.50. The topological polar surface area (TPSA) is 63.6 Å². The van der Waals surface area contributed by atoms with E-state index >= 15 is 0 Å². The molecule has 3 aromatic rings. The molecular weight excluding hydrogens is 384 g/mol. The summed E-state index contributed by atoms with van der Waals surface area (Å²) in [4.78, 5) is 24.3. The zero-order valence-electron chi connectivity index (χ0n) is 16.3. The van der Waals surface area contributed by atoms with Gasteiger partial charge < -0.3 is 9.84 Å². The van der Waals surface area contributed by atoms with Crippen LogP contribution < -0.4 is 0 Å². The van der Waals surface area contributed by atoms with E-state index in [4.69, 9.17) is 9.84 Å². The van der Waals surface area contributed by atoms with Crippen LogP contribution in [0.1, 0.15) is 44.4 Å². The fraction of sp³-hybridized carbons (Fsp3) is 0.167. The van der Waals surface area contributed by atoms with E-state index in [-0.39, 0.29) is 12.4 Å². The Balaban J connectivity index is 1.68. The summed E-state index contributed by atoms with van der Waals surface area (Å²) in [5.74, 6) is -0.948. The van der Waals surface area contributed by atoms with Crippen LogP contribution >= 0.6 is 11.3 Å². The average Bonchev–Trinajstić information content (AvgIpc) is 3.19. The maximum Gasteiger partial charge on any atom is 0.332 e. The quantitative estimate of drug-likeness (QED) is 0.506. The van der Waals surface area contributed by atoms with Crippen LogP contribution in [0.3, 0.4) is 0 Å². The molecule has 5 heteroatoms. The third kappa shape index (κ3) is 5.50. The number of benzene rings is 2. The molecule has 3 rings (SSSR count). The van der Waals surface area contributed by atoms with E-state index in [1.165, 1.54) is 18.3 Å². The first-order valence-corrected chi connectivity index (χ1v) is 10.1. The second-order valence-corrected chi connectivity index (χ2v) is 7.68. The number of ether oxygens (including phenoxy) is 1. The van der Waals surface area contributed by atoms with Gasteiger partial charge in [-0.25, -0.2) is 4.79 Å². The molecule has 1 aromatic heterocycles. The number of carboxylic acid groups (broad SMARTS) is 1. The van der Waals surface area contributed by atoms with Gasteiger partial charge in [-0.15, -0.1) is 11.3 Å².